The van der Waals surface area contributed by atoms with Gasteiger partial charge in [0.15, 0.2) is 5.78 Å². The third kappa shape index (κ3) is 3.11. The van der Waals surface area contributed by atoms with Crippen LogP contribution in [-0.4, -0.2) is 31.0 Å². The Morgan fingerprint density at radius 2 is 1.80 bits per heavy atom. The van der Waals surface area contributed by atoms with E-state index in [2.05, 4.69) is 4.99 Å². The van der Waals surface area contributed by atoms with Crippen LogP contribution in [0.2, 0.25) is 0 Å². The second kappa shape index (κ2) is 6.53. The molecule has 0 radical (unpaired) electrons. The maximum atomic E-state index is 12.8. The van der Waals surface area contributed by atoms with Gasteiger partial charge in [-0.2, -0.15) is 0 Å². The highest BCUT2D eigenvalue weighted by Crippen LogP contribution is 2.56. The van der Waals surface area contributed by atoms with E-state index >= 15 is 0 Å². The third-order valence-corrected chi connectivity index (χ3v) is 5.35. The van der Waals surface area contributed by atoms with Gasteiger partial charge in [0, 0.05) is 5.56 Å². The van der Waals surface area contributed by atoms with E-state index in [9.17, 15) is 4.57 Å². The van der Waals surface area contributed by atoms with Gasteiger partial charge in [-0.1, -0.05) is 18.2 Å². The molecule has 1 aliphatic heterocycles. The lowest BCUT2D eigenvalue weighted by molar-refractivity contribution is 0.180. The minimum atomic E-state index is -3.29. The summed E-state index contributed by atoms with van der Waals surface area (Å²) >= 11 is 0. The van der Waals surface area contributed by atoms with Gasteiger partial charge < -0.3 is 13.8 Å². The summed E-state index contributed by atoms with van der Waals surface area (Å²) in [5.41, 5.74) is 0.862. The molecule has 2 atom stereocenters. The lowest BCUT2D eigenvalue weighted by atomic mass is 10.2. The fourth-order valence-electron chi connectivity index (χ4n) is 2.09. The lowest BCUT2D eigenvalue weighted by Crippen LogP contribution is -2.21. The molecule has 0 N–H and O–H groups in total. The van der Waals surface area contributed by atoms with Gasteiger partial charge in [-0.05, 0) is 32.9 Å². The zero-order chi connectivity index (χ0) is 14.6. The van der Waals surface area contributed by atoms with Gasteiger partial charge in [0.1, 0.15) is 6.10 Å². The maximum absolute atomic E-state index is 12.8. The second-order valence-electron chi connectivity index (χ2n) is 4.41. The maximum Gasteiger partial charge on any atom is 0.358 e. The molecule has 0 aromatic heterocycles. The molecule has 0 aliphatic carbocycles. The Balaban J connectivity index is 2.27. The lowest BCUT2D eigenvalue weighted by Gasteiger charge is -2.22. The Bertz CT molecular complexity index is 507. The van der Waals surface area contributed by atoms with Crippen molar-refractivity contribution in [2.45, 2.75) is 32.7 Å². The summed E-state index contributed by atoms with van der Waals surface area (Å²) in [7, 11) is -3.29. The summed E-state index contributed by atoms with van der Waals surface area (Å²) in [4.78, 5) is 4.43. The first-order chi connectivity index (χ1) is 9.60. The molecule has 1 aliphatic rings. The topological polar surface area (TPSA) is 57.1 Å². The van der Waals surface area contributed by atoms with Crippen LogP contribution < -0.4 is 0 Å². The van der Waals surface area contributed by atoms with Gasteiger partial charge in [-0.3, -0.25) is 4.57 Å². The number of hydrogen-bond acceptors (Lipinski definition) is 5. The van der Waals surface area contributed by atoms with E-state index in [0.29, 0.717) is 19.1 Å². The van der Waals surface area contributed by atoms with Crippen molar-refractivity contribution in [3.63, 3.8) is 0 Å². The minimum Gasteiger partial charge on any atom is -0.471 e. The van der Waals surface area contributed by atoms with Gasteiger partial charge in [0.25, 0.3) is 0 Å². The number of nitrogens with zero attached hydrogens (tertiary/aromatic N) is 1. The Morgan fingerprint density at radius 1 is 1.20 bits per heavy atom. The smallest absolute Gasteiger partial charge is 0.358 e. The highest BCUT2D eigenvalue weighted by atomic mass is 31.2. The van der Waals surface area contributed by atoms with Gasteiger partial charge >= 0.3 is 7.60 Å². The largest absolute Gasteiger partial charge is 0.471 e. The number of benzene rings is 1. The third-order valence-electron chi connectivity index (χ3n) is 2.93. The zero-order valence-electron chi connectivity index (χ0n) is 12.0. The Kier molecular flexibility index (Phi) is 4.97. The van der Waals surface area contributed by atoms with Crippen molar-refractivity contribution in [1.29, 1.82) is 0 Å². The van der Waals surface area contributed by atoms with Crippen LogP contribution in [0.5, 0.6) is 0 Å². The van der Waals surface area contributed by atoms with Gasteiger partial charge in [-0.25, -0.2) is 4.99 Å². The molecule has 6 heteroatoms. The van der Waals surface area contributed by atoms with E-state index in [1.54, 1.807) is 13.8 Å². The molecule has 0 unspecified atom stereocenters. The predicted molar refractivity (Wildman–Crippen MR) is 78.2 cm³/mol. The first kappa shape index (κ1) is 15.2. The minimum absolute atomic E-state index is 0.316. The second-order valence-corrected chi connectivity index (χ2v) is 6.54. The molecule has 0 bridgehead atoms. The van der Waals surface area contributed by atoms with Crippen LogP contribution in [0, 0.1) is 0 Å². The number of ether oxygens (including phenoxy) is 1. The van der Waals surface area contributed by atoms with Crippen LogP contribution in [0.3, 0.4) is 0 Å². The highest BCUT2D eigenvalue weighted by molar-refractivity contribution is 7.54. The summed E-state index contributed by atoms with van der Waals surface area (Å²) in [6.45, 7) is 6.03. The van der Waals surface area contributed by atoms with E-state index in [4.69, 9.17) is 13.8 Å². The summed E-state index contributed by atoms with van der Waals surface area (Å²) in [6, 6.07) is 9.54. The number of aliphatic imine (C=N–C) groups is 1. The molecule has 0 fully saturated rings. The molecular formula is C14H20NO4P. The van der Waals surface area contributed by atoms with Crippen molar-refractivity contribution in [1.82, 2.24) is 0 Å². The van der Waals surface area contributed by atoms with Crippen molar-refractivity contribution >= 4 is 13.5 Å². The summed E-state index contributed by atoms with van der Waals surface area (Å²) in [5, 5.41) is 0. The molecule has 0 saturated carbocycles. The van der Waals surface area contributed by atoms with Crippen LogP contribution in [-0.2, 0) is 18.3 Å². The standard InChI is InChI=1S/C14H20NO4P/c1-4-17-20(16,18-5-2)14-11(3)19-13(15-14)12-9-7-6-8-10-12/h6-11,14H,4-5H2,1-3H3/t11-,14+/m0/s1. The average Bonchev–Trinajstić information content (AvgIpc) is 2.83. The predicted octanol–water partition coefficient (Wildman–Crippen LogP) is 3.44. The van der Waals surface area contributed by atoms with E-state index in [1.807, 2.05) is 37.3 Å². The molecule has 0 saturated heterocycles. The molecule has 2 rings (SSSR count). The Labute approximate surface area is 119 Å². The van der Waals surface area contributed by atoms with Crippen molar-refractivity contribution < 1.29 is 18.3 Å². The SMILES string of the molecule is CCOP(=O)(OCC)[C@H]1N=C(c2ccccc2)O[C@H]1C. The molecule has 110 valence electrons. The van der Waals surface area contributed by atoms with Crippen LogP contribution in [0.15, 0.2) is 35.3 Å². The summed E-state index contributed by atoms with van der Waals surface area (Å²) in [6.07, 6.45) is -0.339. The van der Waals surface area contributed by atoms with Crippen LogP contribution in [0.1, 0.15) is 26.3 Å². The van der Waals surface area contributed by atoms with Crippen LogP contribution in [0.4, 0.5) is 0 Å². The van der Waals surface area contributed by atoms with Gasteiger partial charge in [-0.15, -0.1) is 0 Å². The first-order valence-corrected chi connectivity index (χ1v) is 8.40. The zero-order valence-corrected chi connectivity index (χ0v) is 12.9. The number of hydrogen-bond donors (Lipinski definition) is 0. The molecule has 1 aromatic carbocycles. The molecule has 1 heterocycles. The van der Waals surface area contributed by atoms with Crippen molar-refractivity contribution in [2.75, 3.05) is 13.2 Å². The van der Waals surface area contributed by atoms with E-state index < -0.39 is 13.4 Å². The Hall–Kier alpha value is -1.16. The first-order valence-electron chi connectivity index (χ1n) is 6.79. The van der Waals surface area contributed by atoms with Crippen molar-refractivity contribution in [2.24, 2.45) is 4.99 Å². The Morgan fingerprint density at radius 3 is 2.35 bits per heavy atom. The van der Waals surface area contributed by atoms with Gasteiger partial charge in [0.2, 0.25) is 5.90 Å². The van der Waals surface area contributed by atoms with Crippen molar-refractivity contribution in [3.8, 4) is 0 Å². The van der Waals surface area contributed by atoms with Crippen LogP contribution >= 0.6 is 7.60 Å². The number of rotatable bonds is 6. The highest BCUT2D eigenvalue weighted by Gasteiger charge is 2.44. The van der Waals surface area contributed by atoms with E-state index in [1.165, 1.54) is 0 Å². The molecule has 1 aromatic rings. The molecule has 5 nitrogen and oxygen atoms in total. The fraction of sp³-hybridized carbons (Fsp3) is 0.500. The fourth-order valence-corrected chi connectivity index (χ4v) is 4.01. The summed E-state index contributed by atoms with van der Waals surface area (Å²) < 4.78 is 29.2. The average molecular weight is 297 g/mol. The van der Waals surface area contributed by atoms with Crippen molar-refractivity contribution in [3.05, 3.63) is 35.9 Å². The molecule has 20 heavy (non-hydrogen) atoms. The monoisotopic (exact) mass is 297 g/mol. The molecular weight excluding hydrogens is 277 g/mol. The van der Waals surface area contributed by atoms with Gasteiger partial charge in [0.05, 0.1) is 13.2 Å². The molecule has 0 amide bonds. The molecule has 0 spiro atoms. The summed E-state index contributed by atoms with van der Waals surface area (Å²) in [5.74, 6) is -0.125. The van der Waals surface area contributed by atoms with Crippen LogP contribution in [0.25, 0.3) is 0 Å². The van der Waals surface area contributed by atoms with E-state index in [0.717, 1.165) is 5.56 Å². The van der Waals surface area contributed by atoms with E-state index in [-0.39, 0.29) is 6.10 Å². The normalized spacial score (nSPS) is 22.4. The quantitative estimate of drug-likeness (QED) is 0.755.